The van der Waals surface area contributed by atoms with Gasteiger partial charge in [0.05, 0.1) is 10.6 Å². The molecule has 0 aliphatic carbocycles. The molecule has 0 saturated carbocycles. The van der Waals surface area contributed by atoms with E-state index in [-0.39, 0.29) is 16.5 Å². The van der Waals surface area contributed by atoms with Crippen molar-refractivity contribution in [3.05, 3.63) is 71.3 Å². The van der Waals surface area contributed by atoms with E-state index in [9.17, 15) is 18.4 Å². The lowest BCUT2D eigenvalue weighted by Gasteiger charge is -2.13. The fraction of sp³-hybridized carbons (Fsp3) is 0.111. The predicted octanol–water partition coefficient (Wildman–Crippen LogP) is 3.66. The van der Waals surface area contributed by atoms with Crippen molar-refractivity contribution in [2.24, 2.45) is 0 Å². The van der Waals surface area contributed by atoms with E-state index < -0.39 is 23.6 Å². The molecule has 0 spiro atoms. The average molecular weight is 406 g/mol. The molecule has 2 N–H and O–H groups in total. The molecule has 3 rings (SSSR count). The van der Waals surface area contributed by atoms with Crippen LogP contribution >= 0.6 is 11.6 Å². The molecule has 0 saturated heterocycles. The van der Waals surface area contributed by atoms with Crippen molar-refractivity contribution >= 4 is 34.8 Å². The second-order valence-corrected chi connectivity index (χ2v) is 6.23. The van der Waals surface area contributed by atoms with Gasteiger partial charge in [-0.15, -0.1) is 0 Å². The molecular weight excluding hydrogens is 392 g/mol. The van der Waals surface area contributed by atoms with Crippen molar-refractivity contribution in [3.63, 3.8) is 0 Å². The number of nitrogens with one attached hydrogen (secondary N) is 2. The molecule has 144 valence electrons. The van der Waals surface area contributed by atoms with Gasteiger partial charge in [-0.25, -0.2) is 18.4 Å². The van der Waals surface area contributed by atoms with E-state index >= 15 is 0 Å². The van der Waals surface area contributed by atoms with Crippen LogP contribution in [-0.4, -0.2) is 26.6 Å². The molecule has 0 radical (unpaired) electrons. The zero-order valence-electron chi connectivity index (χ0n) is 14.5. The molecule has 1 unspecified atom stereocenters. The first-order chi connectivity index (χ1) is 13.3. The number of halogens is 3. The summed E-state index contributed by atoms with van der Waals surface area (Å²) in [6.45, 7) is 1.67. The summed E-state index contributed by atoms with van der Waals surface area (Å²) in [5.41, 5.74) is 0.688. The maximum atomic E-state index is 13.3. The number of aromatic nitrogens is 3. The Morgan fingerprint density at radius 1 is 1.07 bits per heavy atom. The first-order valence-corrected chi connectivity index (χ1v) is 8.44. The second kappa shape index (κ2) is 8.13. The normalized spacial score (nSPS) is 11.7. The lowest BCUT2D eigenvalue weighted by atomic mass is 10.2. The third-order valence-corrected chi connectivity index (χ3v) is 4.19. The number of hydrogen-bond donors (Lipinski definition) is 2. The molecule has 3 aromatic rings. The minimum Gasteiger partial charge on any atom is -0.324 e. The van der Waals surface area contributed by atoms with Crippen LogP contribution in [0, 0.1) is 11.6 Å². The highest BCUT2D eigenvalue weighted by Gasteiger charge is 2.17. The first kappa shape index (κ1) is 19.4. The second-order valence-electron chi connectivity index (χ2n) is 5.82. The average Bonchev–Trinajstić information content (AvgIpc) is 3.20. The van der Waals surface area contributed by atoms with Gasteiger partial charge in [0.2, 0.25) is 5.91 Å². The summed E-state index contributed by atoms with van der Waals surface area (Å²) >= 11 is 5.79. The van der Waals surface area contributed by atoms with E-state index in [0.717, 1.165) is 12.1 Å². The smallest absolute Gasteiger partial charge is 0.257 e. The molecule has 1 heterocycles. The van der Waals surface area contributed by atoms with Gasteiger partial charge in [0.25, 0.3) is 5.91 Å². The summed E-state index contributed by atoms with van der Waals surface area (Å²) in [6, 6.07) is 7.15. The number of carbonyl (C=O) groups is 2. The van der Waals surface area contributed by atoms with Crippen molar-refractivity contribution in [3.8, 4) is 0 Å². The highest BCUT2D eigenvalue weighted by atomic mass is 35.5. The largest absolute Gasteiger partial charge is 0.324 e. The SMILES string of the molecule is CC(C(=O)Nc1ccc(NC(=O)c2cc(F)c(F)cc2Cl)cc1)n1cncn1. The molecule has 7 nitrogen and oxygen atoms in total. The maximum Gasteiger partial charge on any atom is 0.257 e. The molecule has 0 aliphatic heterocycles. The topological polar surface area (TPSA) is 88.9 Å². The Bertz CT molecular complexity index is 1010. The number of benzene rings is 2. The van der Waals surface area contributed by atoms with Crippen LogP contribution in [0.4, 0.5) is 20.2 Å². The lowest BCUT2D eigenvalue weighted by molar-refractivity contribution is -0.119. The Labute approximate surface area is 163 Å². The Morgan fingerprint density at radius 2 is 1.68 bits per heavy atom. The number of anilines is 2. The van der Waals surface area contributed by atoms with Crippen LogP contribution in [0.15, 0.2) is 49.1 Å². The van der Waals surface area contributed by atoms with Crippen molar-refractivity contribution in [1.29, 1.82) is 0 Å². The maximum absolute atomic E-state index is 13.3. The minimum absolute atomic E-state index is 0.195. The van der Waals surface area contributed by atoms with Crippen LogP contribution < -0.4 is 10.6 Å². The number of rotatable bonds is 5. The lowest BCUT2D eigenvalue weighted by Crippen LogP contribution is -2.24. The summed E-state index contributed by atoms with van der Waals surface area (Å²) in [5.74, 6) is -3.30. The van der Waals surface area contributed by atoms with Crippen LogP contribution in [0.2, 0.25) is 5.02 Å². The third kappa shape index (κ3) is 4.32. The quantitative estimate of drug-likeness (QED) is 0.634. The monoisotopic (exact) mass is 405 g/mol. The van der Waals surface area contributed by atoms with Crippen molar-refractivity contribution in [2.45, 2.75) is 13.0 Å². The Morgan fingerprint density at radius 3 is 2.29 bits per heavy atom. The van der Waals surface area contributed by atoms with E-state index in [0.29, 0.717) is 11.4 Å². The van der Waals surface area contributed by atoms with E-state index in [1.54, 1.807) is 31.2 Å². The summed E-state index contributed by atoms with van der Waals surface area (Å²) in [5, 5.41) is 8.94. The Hall–Kier alpha value is -3.33. The highest BCUT2D eigenvalue weighted by Crippen LogP contribution is 2.22. The van der Waals surface area contributed by atoms with E-state index in [1.807, 2.05) is 0 Å². The first-order valence-electron chi connectivity index (χ1n) is 8.06. The number of nitrogens with zero attached hydrogens (tertiary/aromatic N) is 3. The van der Waals surface area contributed by atoms with Gasteiger partial charge >= 0.3 is 0 Å². The van der Waals surface area contributed by atoms with E-state index in [1.165, 1.54) is 17.3 Å². The molecule has 2 amide bonds. The van der Waals surface area contributed by atoms with Crippen LogP contribution in [0.5, 0.6) is 0 Å². The molecule has 1 aromatic heterocycles. The molecule has 1 atom stereocenters. The van der Waals surface area contributed by atoms with Crippen LogP contribution in [-0.2, 0) is 4.79 Å². The van der Waals surface area contributed by atoms with Crippen molar-refractivity contribution < 1.29 is 18.4 Å². The number of hydrogen-bond acceptors (Lipinski definition) is 4. The number of carbonyl (C=O) groups excluding carboxylic acids is 2. The Kier molecular flexibility index (Phi) is 5.65. The van der Waals surface area contributed by atoms with Crippen LogP contribution in [0.1, 0.15) is 23.3 Å². The predicted molar refractivity (Wildman–Crippen MR) is 99.1 cm³/mol. The van der Waals surface area contributed by atoms with Gasteiger partial charge in [-0.3, -0.25) is 9.59 Å². The molecule has 0 bridgehead atoms. The number of amides is 2. The molecule has 0 aliphatic rings. The van der Waals surface area contributed by atoms with E-state index in [4.69, 9.17) is 11.6 Å². The summed E-state index contributed by atoms with van der Waals surface area (Å²) in [4.78, 5) is 28.2. The molecule has 10 heteroatoms. The molecule has 0 fully saturated rings. The van der Waals surface area contributed by atoms with Gasteiger partial charge in [-0.05, 0) is 43.3 Å². The van der Waals surface area contributed by atoms with Gasteiger partial charge in [0.1, 0.15) is 18.7 Å². The molecular formula is C18H14ClF2N5O2. The molecule has 2 aromatic carbocycles. The van der Waals surface area contributed by atoms with Crippen molar-refractivity contribution in [1.82, 2.24) is 14.8 Å². The summed E-state index contributed by atoms with van der Waals surface area (Å²) in [7, 11) is 0. The molecule has 28 heavy (non-hydrogen) atoms. The van der Waals surface area contributed by atoms with Gasteiger partial charge in [0.15, 0.2) is 11.6 Å². The van der Waals surface area contributed by atoms with Gasteiger partial charge in [0, 0.05) is 11.4 Å². The van der Waals surface area contributed by atoms with Crippen LogP contribution in [0.25, 0.3) is 0 Å². The zero-order chi connectivity index (χ0) is 20.3. The van der Waals surface area contributed by atoms with E-state index in [2.05, 4.69) is 20.7 Å². The minimum atomic E-state index is -1.17. The van der Waals surface area contributed by atoms with Gasteiger partial charge < -0.3 is 10.6 Å². The fourth-order valence-electron chi connectivity index (χ4n) is 2.32. The third-order valence-electron chi connectivity index (χ3n) is 3.88. The van der Waals surface area contributed by atoms with Gasteiger partial charge in [-0.1, -0.05) is 11.6 Å². The standard InChI is InChI=1S/C18H14ClF2N5O2/c1-10(26-9-22-8-23-26)17(27)24-11-2-4-12(5-3-11)25-18(28)13-6-15(20)16(21)7-14(13)19/h2-10H,1H3,(H,24,27)(H,25,28). The summed E-state index contributed by atoms with van der Waals surface area (Å²) < 4.78 is 27.9. The van der Waals surface area contributed by atoms with Crippen LogP contribution in [0.3, 0.4) is 0 Å². The van der Waals surface area contributed by atoms with Crippen molar-refractivity contribution in [2.75, 3.05) is 10.6 Å². The summed E-state index contributed by atoms with van der Waals surface area (Å²) in [6.07, 6.45) is 2.77. The highest BCUT2D eigenvalue weighted by molar-refractivity contribution is 6.34. The fourth-order valence-corrected chi connectivity index (χ4v) is 2.55. The Balaban J connectivity index is 1.65. The van der Waals surface area contributed by atoms with Gasteiger partial charge in [-0.2, -0.15) is 5.10 Å². The zero-order valence-corrected chi connectivity index (χ0v) is 15.2.